The number of rotatable bonds is 6. The Labute approximate surface area is 119 Å². The third-order valence-electron chi connectivity index (χ3n) is 3.32. The molecule has 1 rings (SSSR count). The van der Waals surface area contributed by atoms with Gasteiger partial charge < -0.3 is 5.11 Å². The number of sulfonamides is 1. The van der Waals surface area contributed by atoms with Crippen molar-refractivity contribution in [3.8, 4) is 0 Å². The first-order valence-corrected chi connectivity index (χ1v) is 9.75. The number of sulfone groups is 1. The standard InChI is InChI=1S/C11H21NO6S2/c1-11(2,6-3-10(13)14)12-20(17,18)9-4-7-19(15,16)8-5-9/h9,12H,3-8H2,1-2H3,(H,13,14). The molecule has 0 amide bonds. The highest BCUT2D eigenvalue weighted by Gasteiger charge is 2.36. The molecule has 0 atom stereocenters. The normalized spacial score (nSPS) is 20.7. The Morgan fingerprint density at radius 3 is 2.25 bits per heavy atom. The Balaban J connectivity index is 2.68. The van der Waals surface area contributed by atoms with Gasteiger partial charge in [0.2, 0.25) is 10.0 Å². The summed E-state index contributed by atoms with van der Waals surface area (Å²) in [4.78, 5) is 10.5. The van der Waals surface area contributed by atoms with E-state index in [1.807, 2.05) is 0 Å². The highest BCUT2D eigenvalue weighted by Crippen LogP contribution is 2.22. The van der Waals surface area contributed by atoms with Crippen molar-refractivity contribution in [3.05, 3.63) is 0 Å². The van der Waals surface area contributed by atoms with Gasteiger partial charge in [-0.25, -0.2) is 21.6 Å². The number of carboxylic acids is 1. The molecule has 1 aliphatic heterocycles. The fourth-order valence-electron chi connectivity index (χ4n) is 2.12. The molecule has 0 aromatic heterocycles. The summed E-state index contributed by atoms with van der Waals surface area (Å²) in [6.07, 6.45) is 0.223. The van der Waals surface area contributed by atoms with Gasteiger partial charge in [0.1, 0.15) is 9.84 Å². The van der Waals surface area contributed by atoms with Crippen LogP contribution in [0.5, 0.6) is 0 Å². The van der Waals surface area contributed by atoms with Crippen LogP contribution >= 0.6 is 0 Å². The first kappa shape index (κ1) is 17.4. The van der Waals surface area contributed by atoms with Gasteiger partial charge in [-0.1, -0.05) is 0 Å². The van der Waals surface area contributed by atoms with Crippen LogP contribution in [0.25, 0.3) is 0 Å². The molecule has 1 heterocycles. The molecule has 1 fully saturated rings. The molecule has 0 aromatic carbocycles. The van der Waals surface area contributed by atoms with Gasteiger partial charge in [0.25, 0.3) is 0 Å². The number of carboxylic acid groups (broad SMARTS) is 1. The van der Waals surface area contributed by atoms with Crippen molar-refractivity contribution in [1.29, 1.82) is 0 Å². The summed E-state index contributed by atoms with van der Waals surface area (Å²) in [7, 11) is -6.76. The summed E-state index contributed by atoms with van der Waals surface area (Å²) in [5.74, 6) is -1.22. The van der Waals surface area contributed by atoms with Crippen LogP contribution in [0, 0.1) is 0 Å². The fourth-order valence-corrected chi connectivity index (χ4v) is 5.80. The van der Waals surface area contributed by atoms with Gasteiger partial charge in [0.15, 0.2) is 0 Å². The van der Waals surface area contributed by atoms with Crippen LogP contribution in [0.3, 0.4) is 0 Å². The van der Waals surface area contributed by atoms with Gasteiger partial charge in [-0.15, -0.1) is 0 Å². The second-order valence-electron chi connectivity index (χ2n) is 5.78. The summed E-state index contributed by atoms with van der Waals surface area (Å²) in [6.45, 7) is 3.24. The lowest BCUT2D eigenvalue weighted by Crippen LogP contribution is -2.49. The van der Waals surface area contributed by atoms with Crippen molar-refractivity contribution in [2.24, 2.45) is 0 Å². The van der Waals surface area contributed by atoms with Crippen LogP contribution in [0.2, 0.25) is 0 Å². The predicted molar refractivity (Wildman–Crippen MR) is 74.7 cm³/mol. The molecule has 118 valence electrons. The molecule has 0 saturated carbocycles. The van der Waals surface area contributed by atoms with Crippen LogP contribution in [-0.2, 0) is 24.7 Å². The van der Waals surface area contributed by atoms with E-state index in [1.165, 1.54) is 0 Å². The third kappa shape index (κ3) is 5.37. The summed E-state index contributed by atoms with van der Waals surface area (Å²) in [5, 5.41) is 7.91. The molecule has 0 unspecified atom stereocenters. The summed E-state index contributed by atoms with van der Waals surface area (Å²) < 4.78 is 49.5. The van der Waals surface area contributed by atoms with Crippen LogP contribution in [0.4, 0.5) is 0 Å². The summed E-state index contributed by atoms with van der Waals surface area (Å²) >= 11 is 0. The molecule has 7 nitrogen and oxygen atoms in total. The zero-order valence-electron chi connectivity index (χ0n) is 11.6. The minimum Gasteiger partial charge on any atom is -0.481 e. The fraction of sp³-hybridized carbons (Fsp3) is 0.909. The number of hydrogen-bond acceptors (Lipinski definition) is 5. The average Bonchev–Trinajstić information content (AvgIpc) is 2.24. The summed E-state index contributed by atoms with van der Waals surface area (Å²) in [6, 6.07) is 0. The highest BCUT2D eigenvalue weighted by atomic mass is 32.2. The number of carbonyl (C=O) groups is 1. The van der Waals surface area contributed by atoms with Gasteiger partial charge in [-0.05, 0) is 33.1 Å². The van der Waals surface area contributed by atoms with E-state index in [0.29, 0.717) is 0 Å². The first-order chi connectivity index (χ1) is 8.94. The van der Waals surface area contributed by atoms with Crippen LogP contribution in [0.1, 0.15) is 39.5 Å². The molecular weight excluding hydrogens is 306 g/mol. The minimum atomic E-state index is -3.65. The van der Waals surface area contributed by atoms with Crippen LogP contribution in [0.15, 0.2) is 0 Å². The third-order valence-corrected chi connectivity index (χ3v) is 7.22. The largest absolute Gasteiger partial charge is 0.481 e. The Morgan fingerprint density at radius 1 is 1.30 bits per heavy atom. The van der Waals surface area contributed by atoms with Crippen molar-refractivity contribution in [2.45, 2.75) is 50.3 Å². The van der Waals surface area contributed by atoms with Gasteiger partial charge in [-0.2, -0.15) is 0 Å². The van der Waals surface area contributed by atoms with E-state index in [9.17, 15) is 21.6 Å². The maximum Gasteiger partial charge on any atom is 0.303 e. The smallest absolute Gasteiger partial charge is 0.303 e. The monoisotopic (exact) mass is 327 g/mol. The van der Waals surface area contributed by atoms with Crippen LogP contribution in [-0.4, -0.2) is 50.2 Å². The molecule has 2 N–H and O–H groups in total. The Morgan fingerprint density at radius 2 is 1.80 bits per heavy atom. The Hall–Kier alpha value is -0.670. The number of nitrogens with one attached hydrogen (secondary N) is 1. The van der Waals surface area contributed by atoms with Crippen molar-refractivity contribution in [3.63, 3.8) is 0 Å². The second kappa shape index (κ2) is 5.98. The van der Waals surface area contributed by atoms with E-state index in [0.717, 1.165) is 0 Å². The molecule has 1 aliphatic rings. The zero-order valence-corrected chi connectivity index (χ0v) is 13.3. The van der Waals surface area contributed by atoms with E-state index in [-0.39, 0.29) is 37.2 Å². The van der Waals surface area contributed by atoms with Gasteiger partial charge in [-0.3, -0.25) is 4.79 Å². The molecule has 9 heteroatoms. The summed E-state index contributed by atoms with van der Waals surface area (Å²) in [5.41, 5.74) is -0.868. The van der Waals surface area contributed by atoms with Crippen LogP contribution < -0.4 is 4.72 Å². The minimum absolute atomic E-state index is 0.0900. The maximum atomic E-state index is 12.2. The SMILES string of the molecule is CC(C)(CCC(=O)O)NS(=O)(=O)C1CCS(=O)(=O)CC1. The molecule has 1 saturated heterocycles. The molecule has 0 aromatic rings. The van der Waals surface area contributed by atoms with E-state index in [1.54, 1.807) is 13.8 Å². The highest BCUT2D eigenvalue weighted by molar-refractivity contribution is 7.92. The van der Waals surface area contributed by atoms with E-state index in [2.05, 4.69) is 4.72 Å². The van der Waals surface area contributed by atoms with Gasteiger partial charge in [0.05, 0.1) is 16.8 Å². The molecule has 20 heavy (non-hydrogen) atoms. The topological polar surface area (TPSA) is 118 Å². The lowest BCUT2D eigenvalue weighted by atomic mass is 10.0. The van der Waals surface area contributed by atoms with Gasteiger partial charge >= 0.3 is 5.97 Å². The van der Waals surface area contributed by atoms with Crippen molar-refractivity contribution < 1.29 is 26.7 Å². The quantitative estimate of drug-likeness (QED) is 0.716. The molecular formula is C11H21NO6S2. The predicted octanol–water partition coefficient (Wildman–Crippen LogP) is 0.126. The van der Waals surface area contributed by atoms with Gasteiger partial charge in [0, 0.05) is 12.0 Å². The number of aliphatic carboxylic acids is 1. The molecule has 0 aliphatic carbocycles. The Bertz CT molecular complexity index is 550. The van der Waals surface area contributed by atoms with Crippen molar-refractivity contribution >= 4 is 25.8 Å². The average molecular weight is 327 g/mol. The Kier molecular flexibility index (Phi) is 5.20. The molecule has 0 bridgehead atoms. The van der Waals surface area contributed by atoms with E-state index < -0.39 is 36.6 Å². The zero-order chi connectivity index (χ0) is 15.6. The van der Waals surface area contributed by atoms with E-state index in [4.69, 9.17) is 5.11 Å². The molecule has 0 spiro atoms. The number of hydrogen-bond donors (Lipinski definition) is 2. The molecule has 0 radical (unpaired) electrons. The second-order valence-corrected chi connectivity index (χ2v) is 10.0. The lowest BCUT2D eigenvalue weighted by Gasteiger charge is -2.30. The van der Waals surface area contributed by atoms with E-state index >= 15 is 0 Å². The van der Waals surface area contributed by atoms with Crippen molar-refractivity contribution in [2.75, 3.05) is 11.5 Å². The first-order valence-electron chi connectivity index (χ1n) is 6.39. The maximum absolute atomic E-state index is 12.2. The van der Waals surface area contributed by atoms with Crippen molar-refractivity contribution in [1.82, 2.24) is 4.72 Å². The lowest BCUT2D eigenvalue weighted by molar-refractivity contribution is -0.137.